The van der Waals surface area contributed by atoms with Crippen molar-refractivity contribution in [1.29, 1.82) is 0 Å². The van der Waals surface area contributed by atoms with E-state index < -0.39 is 4.92 Å². The lowest BCUT2D eigenvalue weighted by atomic mass is 10.1. The van der Waals surface area contributed by atoms with Crippen molar-refractivity contribution >= 4 is 17.7 Å². The van der Waals surface area contributed by atoms with Crippen molar-refractivity contribution in [2.75, 3.05) is 24.6 Å². The zero-order chi connectivity index (χ0) is 12.8. The van der Waals surface area contributed by atoms with E-state index in [1.165, 1.54) is 12.1 Å². The van der Waals surface area contributed by atoms with Gasteiger partial charge in [0.25, 0.3) is 5.69 Å². The first kappa shape index (κ1) is 13.1. The van der Waals surface area contributed by atoms with Crippen LogP contribution in [0.3, 0.4) is 0 Å². The maximum atomic E-state index is 10.8. The van der Waals surface area contributed by atoms with Crippen LogP contribution in [0.2, 0.25) is 0 Å². The number of carbonyl (C=O) groups is 1. The first-order valence-corrected chi connectivity index (χ1v) is 5.23. The van der Waals surface area contributed by atoms with Gasteiger partial charge in [-0.2, -0.15) is 0 Å². The summed E-state index contributed by atoms with van der Waals surface area (Å²) >= 11 is 0. The van der Waals surface area contributed by atoms with Crippen LogP contribution in [0.15, 0.2) is 18.2 Å². The van der Waals surface area contributed by atoms with Gasteiger partial charge in [0.15, 0.2) is 6.29 Å². The summed E-state index contributed by atoms with van der Waals surface area (Å²) < 4.78 is 0. The minimum atomic E-state index is -0.587. The molecule has 0 heterocycles. The highest BCUT2D eigenvalue weighted by Gasteiger charge is 2.15. The molecule has 1 aromatic rings. The molecule has 0 atom stereocenters. The molecule has 0 spiro atoms. The molecule has 1 N–H and O–H groups in total. The standard InChI is InChI=1S/C11H14N2O4/c1-2-12(5-6-14)10-3-4-11(13(16)17)9(7-10)8-15/h3-4,7-8,14H,2,5-6H2,1H3. The number of nitro groups is 1. The second-order valence-electron chi connectivity index (χ2n) is 3.42. The fourth-order valence-corrected chi connectivity index (χ4v) is 1.59. The molecule has 0 unspecified atom stereocenters. The summed E-state index contributed by atoms with van der Waals surface area (Å²) in [6, 6.07) is 4.34. The number of nitro benzene ring substituents is 1. The molecule has 0 aliphatic rings. The first-order chi connectivity index (χ1) is 8.13. The lowest BCUT2D eigenvalue weighted by Crippen LogP contribution is -2.26. The van der Waals surface area contributed by atoms with E-state index in [0.29, 0.717) is 25.1 Å². The van der Waals surface area contributed by atoms with Crippen molar-refractivity contribution in [1.82, 2.24) is 0 Å². The summed E-state index contributed by atoms with van der Waals surface area (Å²) in [4.78, 5) is 22.7. The molecule has 0 aromatic heterocycles. The molecule has 0 radical (unpaired) electrons. The van der Waals surface area contributed by atoms with Crippen LogP contribution in [0, 0.1) is 10.1 Å². The maximum Gasteiger partial charge on any atom is 0.280 e. The van der Waals surface area contributed by atoms with Gasteiger partial charge in [-0.25, -0.2) is 0 Å². The Labute approximate surface area is 98.6 Å². The number of rotatable bonds is 6. The second-order valence-corrected chi connectivity index (χ2v) is 3.42. The smallest absolute Gasteiger partial charge is 0.280 e. The summed E-state index contributed by atoms with van der Waals surface area (Å²) in [5.74, 6) is 0. The SMILES string of the molecule is CCN(CCO)c1ccc([N+](=O)[O-])c(C=O)c1. The van der Waals surface area contributed by atoms with Gasteiger partial charge in [0.05, 0.1) is 17.1 Å². The third-order valence-electron chi connectivity index (χ3n) is 2.45. The van der Waals surface area contributed by atoms with Gasteiger partial charge in [-0.15, -0.1) is 0 Å². The fourth-order valence-electron chi connectivity index (χ4n) is 1.59. The van der Waals surface area contributed by atoms with E-state index in [-0.39, 0.29) is 17.9 Å². The molecule has 0 aliphatic carbocycles. The minimum Gasteiger partial charge on any atom is -0.395 e. The van der Waals surface area contributed by atoms with Gasteiger partial charge in [0, 0.05) is 24.8 Å². The summed E-state index contributed by atoms with van der Waals surface area (Å²) in [6.07, 6.45) is 0.467. The van der Waals surface area contributed by atoms with E-state index in [1.54, 1.807) is 6.07 Å². The normalized spacial score (nSPS) is 10.0. The van der Waals surface area contributed by atoms with E-state index in [1.807, 2.05) is 11.8 Å². The molecular weight excluding hydrogens is 224 g/mol. The van der Waals surface area contributed by atoms with Gasteiger partial charge in [-0.05, 0) is 19.1 Å². The van der Waals surface area contributed by atoms with Crippen molar-refractivity contribution < 1.29 is 14.8 Å². The van der Waals surface area contributed by atoms with E-state index >= 15 is 0 Å². The monoisotopic (exact) mass is 238 g/mol. The highest BCUT2D eigenvalue weighted by molar-refractivity contribution is 5.83. The third-order valence-corrected chi connectivity index (χ3v) is 2.45. The predicted molar refractivity (Wildman–Crippen MR) is 63.5 cm³/mol. The zero-order valence-electron chi connectivity index (χ0n) is 9.50. The largest absolute Gasteiger partial charge is 0.395 e. The zero-order valence-corrected chi connectivity index (χ0v) is 9.50. The van der Waals surface area contributed by atoms with Gasteiger partial charge < -0.3 is 10.0 Å². The molecule has 0 bridgehead atoms. The number of carbonyl (C=O) groups excluding carboxylic acids is 1. The number of aliphatic hydroxyl groups is 1. The number of nitrogens with zero attached hydrogens (tertiary/aromatic N) is 2. The predicted octanol–water partition coefficient (Wildman–Crippen LogP) is 1.23. The number of aliphatic hydroxyl groups excluding tert-OH is 1. The average Bonchev–Trinajstić information content (AvgIpc) is 2.34. The summed E-state index contributed by atoms with van der Waals surface area (Å²) in [6.45, 7) is 2.96. The van der Waals surface area contributed by atoms with Crippen molar-refractivity contribution in [3.8, 4) is 0 Å². The lowest BCUT2D eigenvalue weighted by Gasteiger charge is -2.22. The van der Waals surface area contributed by atoms with Crippen molar-refractivity contribution in [2.24, 2.45) is 0 Å². The molecule has 6 heteroatoms. The number of likely N-dealkylation sites (N-methyl/N-ethyl adjacent to an activating group) is 1. The second kappa shape index (κ2) is 5.95. The van der Waals surface area contributed by atoms with Crippen LogP contribution < -0.4 is 4.90 Å². The molecule has 0 amide bonds. The molecule has 0 fully saturated rings. The number of hydrogen-bond acceptors (Lipinski definition) is 5. The Hall–Kier alpha value is -1.95. The van der Waals surface area contributed by atoms with Crippen molar-refractivity contribution in [2.45, 2.75) is 6.92 Å². The van der Waals surface area contributed by atoms with E-state index in [9.17, 15) is 14.9 Å². The molecule has 1 aromatic carbocycles. The Bertz CT molecular complexity index is 420. The Morgan fingerprint density at radius 3 is 2.71 bits per heavy atom. The number of benzene rings is 1. The molecule has 6 nitrogen and oxygen atoms in total. The highest BCUT2D eigenvalue weighted by Crippen LogP contribution is 2.23. The molecule has 0 aliphatic heterocycles. The van der Waals surface area contributed by atoms with Gasteiger partial charge in [-0.3, -0.25) is 14.9 Å². The Kier molecular flexibility index (Phi) is 4.59. The van der Waals surface area contributed by atoms with E-state index in [2.05, 4.69) is 0 Å². The van der Waals surface area contributed by atoms with Gasteiger partial charge in [-0.1, -0.05) is 0 Å². The lowest BCUT2D eigenvalue weighted by molar-refractivity contribution is -0.385. The first-order valence-electron chi connectivity index (χ1n) is 5.23. The van der Waals surface area contributed by atoms with Gasteiger partial charge in [0.2, 0.25) is 0 Å². The molecule has 0 saturated heterocycles. The molecule has 92 valence electrons. The van der Waals surface area contributed by atoms with Crippen molar-refractivity contribution in [3.63, 3.8) is 0 Å². The highest BCUT2D eigenvalue weighted by atomic mass is 16.6. The van der Waals surface area contributed by atoms with Crippen LogP contribution in [0.25, 0.3) is 0 Å². The summed E-state index contributed by atoms with van der Waals surface area (Å²) in [7, 11) is 0. The van der Waals surface area contributed by atoms with Crippen LogP contribution in [-0.4, -0.2) is 36.0 Å². The van der Waals surface area contributed by atoms with E-state index in [4.69, 9.17) is 5.11 Å². The van der Waals surface area contributed by atoms with Crippen molar-refractivity contribution in [3.05, 3.63) is 33.9 Å². The summed E-state index contributed by atoms with van der Waals surface area (Å²) in [5.41, 5.74) is 0.530. The van der Waals surface area contributed by atoms with Gasteiger partial charge in [0.1, 0.15) is 0 Å². The van der Waals surface area contributed by atoms with E-state index in [0.717, 1.165) is 0 Å². The molecule has 0 saturated carbocycles. The van der Waals surface area contributed by atoms with Crippen LogP contribution in [0.1, 0.15) is 17.3 Å². The number of anilines is 1. The quantitative estimate of drug-likeness (QED) is 0.457. The minimum absolute atomic E-state index is 0.0126. The molecule has 17 heavy (non-hydrogen) atoms. The summed E-state index contributed by atoms with van der Waals surface area (Å²) in [5, 5.41) is 19.5. The average molecular weight is 238 g/mol. The van der Waals surface area contributed by atoms with Crippen LogP contribution in [0.5, 0.6) is 0 Å². The topological polar surface area (TPSA) is 83.7 Å². The van der Waals surface area contributed by atoms with Gasteiger partial charge >= 0.3 is 0 Å². The van der Waals surface area contributed by atoms with Crippen LogP contribution >= 0.6 is 0 Å². The number of aldehydes is 1. The number of hydrogen-bond donors (Lipinski definition) is 1. The molecular formula is C11H14N2O4. The third kappa shape index (κ3) is 3.01. The Morgan fingerprint density at radius 1 is 1.53 bits per heavy atom. The Morgan fingerprint density at radius 2 is 2.24 bits per heavy atom. The Balaban J connectivity index is 3.11. The van der Waals surface area contributed by atoms with Crippen LogP contribution in [-0.2, 0) is 0 Å². The van der Waals surface area contributed by atoms with Crippen LogP contribution in [0.4, 0.5) is 11.4 Å². The maximum absolute atomic E-state index is 10.8. The molecule has 1 rings (SSSR count). The fraction of sp³-hybridized carbons (Fsp3) is 0.364.